The maximum absolute atomic E-state index is 11.2. The average molecular weight is 279 g/mol. The summed E-state index contributed by atoms with van der Waals surface area (Å²) >= 11 is 0. The van der Waals surface area contributed by atoms with Crippen molar-refractivity contribution < 1.29 is 9.53 Å². The van der Waals surface area contributed by atoms with Crippen LogP contribution in [0.2, 0.25) is 0 Å². The van der Waals surface area contributed by atoms with Crippen LogP contribution in [0.4, 0.5) is 0 Å². The van der Waals surface area contributed by atoms with Crippen LogP contribution in [0.15, 0.2) is 47.5 Å². The molecular formula is C16H13N3O2. The number of amides is 1. The molecule has 0 aromatic heterocycles. The predicted octanol–water partition coefficient (Wildman–Crippen LogP) is 1.97. The van der Waals surface area contributed by atoms with Crippen molar-refractivity contribution in [2.45, 2.75) is 19.2 Å². The van der Waals surface area contributed by atoms with Gasteiger partial charge < -0.3 is 10.1 Å². The van der Waals surface area contributed by atoms with Crippen molar-refractivity contribution in [3.63, 3.8) is 0 Å². The molecule has 1 amide bonds. The smallest absolute Gasteiger partial charge is 0.220 e. The van der Waals surface area contributed by atoms with Crippen LogP contribution in [0.1, 0.15) is 12.5 Å². The molecular weight excluding hydrogens is 266 g/mol. The molecule has 1 aliphatic rings. The molecule has 3 rings (SSSR count). The number of ether oxygens (including phenoxy) is 1. The van der Waals surface area contributed by atoms with Crippen LogP contribution in [-0.4, -0.2) is 24.1 Å². The van der Waals surface area contributed by atoms with E-state index in [4.69, 9.17) is 10.00 Å². The van der Waals surface area contributed by atoms with Gasteiger partial charge in [0.1, 0.15) is 0 Å². The Kier molecular flexibility index (Phi) is 3.28. The van der Waals surface area contributed by atoms with Crippen LogP contribution in [0.25, 0.3) is 10.8 Å². The molecule has 0 fully saturated rings. The average Bonchev–Trinajstić information content (AvgIpc) is 2.88. The Labute approximate surface area is 121 Å². The summed E-state index contributed by atoms with van der Waals surface area (Å²) in [7, 11) is 0. The number of carbonyl (C=O) groups excluding carboxylic acids is 1. The number of hydrogen-bond donors (Lipinski definition) is 1. The molecule has 1 N–H and O–H groups in total. The van der Waals surface area contributed by atoms with Gasteiger partial charge in [0.2, 0.25) is 18.0 Å². The first-order valence-corrected chi connectivity index (χ1v) is 6.58. The van der Waals surface area contributed by atoms with E-state index in [-0.39, 0.29) is 5.91 Å². The van der Waals surface area contributed by atoms with Crippen LogP contribution < -0.4 is 5.32 Å². The molecule has 0 saturated heterocycles. The van der Waals surface area contributed by atoms with Crippen LogP contribution in [0, 0.1) is 11.3 Å². The van der Waals surface area contributed by atoms with E-state index in [0.717, 1.165) is 16.3 Å². The number of benzene rings is 2. The van der Waals surface area contributed by atoms with E-state index < -0.39 is 12.3 Å². The van der Waals surface area contributed by atoms with E-state index in [0.29, 0.717) is 5.90 Å². The van der Waals surface area contributed by atoms with Crippen LogP contribution in [-0.2, 0) is 9.53 Å². The Balaban J connectivity index is 2.00. The van der Waals surface area contributed by atoms with Crippen LogP contribution in [0.3, 0.4) is 0 Å². The van der Waals surface area contributed by atoms with Crippen molar-refractivity contribution in [1.82, 2.24) is 5.32 Å². The maximum atomic E-state index is 11.2. The lowest BCUT2D eigenvalue weighted by atomic mass is 10.0. The fraction of sp³-hybridized carbons (Fsp3) is 0.188. The van der Waals surface area contributed by atoms with E-state index in [1.807, 2.05) is 48.5 Å². The summed E-state index contributed by atoms with van der Waals surface area (Å²) < 4.78 is 5.67. The Morgan fingerprint density at radius 3 is 2.81 bits per heavy atom. The molecule has 1 aliphatic heterocycles. The van der Waals surface area contributed by atoms with Crippen molar-refractivity contribution in [3.8, 4) is 6.07 Å². The highest BCUT2D eigenvalue weighted by Crippen LogP contribution is 2.23. The Bertz CT molecular complexity index is 771. The first-order chi connectivity index (χ1) is 10.2. The zero-order chi connectivity index (χ0) is 14.8. The summed E-state index contributed by atoms with van der Waals surface area (Å²) in [6.07, 6.45) is -0.735. The molecule has 104 valence electrons. The zero-order valence-corrected chi connectivity index (χ0v) is 11.4. The normalized spacial score (nSPS) is 20.5. The van der Waals surface area contributed by atoms with Crippen molar-refractivity contribution >= 4 is 22.6 Å². The number of hydrogen-bond acceptors (Lipinski definition) is 4. The lowest BCUT2D eigenvalue weighted by molar-refractivity contribution is -0.121. The molecule has 21 heavy (non-hydrogen) atoms. The highest BCUT2D eigenvalue weighted by atomic mass is 16.5. The second kappa shape index (κ2) is 5.25. The number of aliphatic imine (C=N–C) groups is 1. The van der Waals surface area contributed by atoms with Crippen molar-refractivity contribution in [2.75, 3.05) is 0 Å². The van der Waals surface area contributed by atoms with E-state index in [2.05, 4.69) is 10.3 Å². The minimum Gasteiger partial charge on any atom is -0.450 e. The lowest BCUT2D eigenvalue weighted by Gasteiger charge is -2.14. The SMILES string of the molecule is CC(=O)NC1OC(c2cccc3ccccc23)=NC1C#N. The van der Waals surface area contributed by atoms with E-state index in [1.165, 1.54) is 6.92 Å². The van der Waals surface area contributed by atoms with Gasteiger partial charge in [-0.1, -0.05) is 36.4 Å². The van der Waals surface area contributed by atoms with E-state index in [1.54, 1.807) is 0 Å². The highest BCUT2D eigenvalue weighted by molar-refractivity contribution is 6.07. The Morgan fingerprint density at radius 2 is 2.05 bits per heavy atom. The second-order valence-corrected chi connectivity index (χ2v) is 4.77. The zero-order valence-electron chi connectivity index (χ0n) is 11.4. The largest absolute Gasteiger partial charge is 0.450 e. The van der Waals surface area contributed by atoms with Crippen LogP contribution in [0.5, 0.6) is 0 Å². The van der Waals surface area contributed by atoms with Gasteiger partial charge in [0.25, 0.3) is 0 Å². The number of nitrogens with zero attached hydrogens (tertiary/aromatic N) is 2. The minimum atomic E-state index is -0.735. The highest BCUT2D eigenvalue weighted by Gasteiger charge is 2.32. The third-order valence-electron chi connectivity index (χ3n) is 3.28. The van der Waals surface area contributed by atoms with Gasteiger partial charge in [0.15, 0.2) is 6.04 Å². The topological polar surface area (TPSA) is 74.5 Å². The van der Waals surface area contributed by atoms with Gasteiger partial charge in [-0.25, -0.2) is 4.99 Å². The monoisotopic (exact) mass is 279 g/mol. The molecule has 2 aromatic rings. The second-order valence-electron chi connectivity index (χ2n) is 4.77. The van der Waals surface area contributed by atoms with Crippen molar-refractivity contribution in [1.29, 1.82) is 5.26 Å². The number of rotatable bonds is 2. The Hall–Kier alpha value is -2.87. The minimum absolute atomic E-state index is 0.255. The number of fused-ring (bicyclic) bond motifs is 1. The van der Waals surface area contributed by atoms with Gasteiger partial charge in [0, 0.05) is 12.5 Å². The summed E-state index contributed by atoms with van der Waals surface area (Å²) in [5.41, 5.74) is 0.821. The molecule has 0 radical (unpaired) electrons. The van der Waals surface area contributed by atoms with Crippen molar-refractivity contribution in [3.05, 3.63) is 48.0 Å². The van der Waals surface area contributed by atoms with Crippen LogP contribution >= 0.6 is 0 Å². The molecule has 1 heterocycles. The predicted molar refractivity (Wildman–Crippen MR) is 78.6 cm³/mol. The summed E-state index contributed by atoms with van der Waals surface area (Å²) in [5, 5.41) is 13.8. The lowest BCUT2D eigenvalue weighted by Crippen LogP contribution is -2.40. The third kappa shape index (κ3) is 2.43. The first-order valence-electron chi connectivity index (χ1n) is 6.58. The fourth-order valence-electron chi connectivity index (χ4n) is 2.36. The van der Waals surface area contributed by atoms with Gasteiger partial charge in [-0.3, -0.25) is 4.79 Å². The molecule has 5 nitrogen and oxygen atoms in total. The Morgan fingerprint density at radius 1 is 1.29 bits per heavy atom. The molecule has 0 aliphatic carbocycles. The van der Waals surface area contributed by atoms with Gasteiger partial charge >= 0.3 is 0 Å². The van der Waals surface area contributed by atoms with Gasteiger partial charge in [-0.15, -0.1) is 0 Å². The summed E-state index contributed by atoms with van der Waals surface area (Å²) in [5.74, 6) is 0.131. The molecule has 0 saturated carbocycles. The van der Waals surface area contributed by atoms with Crippen molar-refractivity contribution in [2.24, 2.45) is 4.99 Å². The molecule has 2 aromatic carbocycles. The fourth-order valence-corrected chi connectivity index (χ4v) is 2.36. The number of carbonyl (C=O) groups is 1. The summed E-state index contributed by atoms with van der Waals surface area (Å²) in [6, 6.07) is 15.0. The van der Waals surface area contributed by atoms with E-state index >= 15 is 0 Å². The molecule has 0 spiro atoms. The summed E-state index contributed by atoms with van der Waals surface area (Å²) in [6.45, 7) is 1.38. The maximum Gasteiger partial charge on any atom is 0.220 e. The molecule has 2 unspecified atom stereocenters. The van der Waals surface area contributed by atoms with Gasteiger partial charge in [0.05, 0.1) is 6.07 Å². The summed E-state index contributed by atoms with van der Waals surface area (Å²) in [4.78, 5) is 15.4. The standard InChI is InChI=1S/C16H13N3O2/c1-10(20)18-16-14(9-17)19-15(21-16)13-8-4-6-11-5-2-3-7-12(11)13/h2-8,14,16H,1H3,(H,18,20). The quantitative estimate of drug-likeness (QED) is 0.913. The van der Waals surface area contributed by atoms with Gasteiger partial charge in [-0.05, 0) is 16.8 Å². The third-order valence-corrected chi connectivity index (χ3v) is 3.28. The van der Waals surface area contributed by atoms with E-state index in [9.17, 15) is 4.79 Å². The molecule has 5 heteroatoms. The number of nitrogens with one attached hydrogen (secondary N) is 1. The molecule has 2 atom stereocenters. The molecule has 0 bridgehead atoms. The number of nitriles is 1. The van der Waals surface area contributed by atoms with Gasteiger partial charge in [-0.2, -0.15) is 5.26 Å². The first kappa shape index (κ1) is 13.1.